The molecule has 2 aromatic carbocycles. The molecule has 0 saturated carbocycles. The second kappa shape index (κ2) is 7.51. The molecule has 1 aliphatic rings. The Hall–Kier alpha value is -3.32. The quantitative estimate of drug-likeness (QED) is 0.697. The number of aromatic nitrogens is 1. The first-order valence-electron chi connectivity index (χ1n) is 8.58. The van der Waals surface area contributed by atoms with Gasteiger partial charge in [-0.3, -0.25) is 4.79 Å². The number of hydrogen-bond donors (Lipinski definition) is 2. The van der Waals surface area contributed by atoms with E-state index in [0.717, 1.165) is 5.56 Å². The van der Waals surface area contributed by atoms with Gasteiger partial charge in [-0.1, -0.05) is 41.6 Å². The lowest BCUT2D eigenvalue weighted by atomic mass is 10.1. The number of hydrogen-bond acceptors (Lipinski definition) is 6. The maximum absolute atomic E-state index is 12.2. The molecular weight excluding hydrogens is 348 g/mol. The highest BCUT2D eigenvalue weighted by Crippen LogP contribution is 2.34. The summed E-state index contributed by atoms with van der Waals surface area (Å²) in [6, 6.07) is 16.3. The third-order valence-electron chi connectivity index (χ3n) is 4.29. The van der Waals surface area contributed by atoms with Crippen LogP contribution < -0.4 is 14.8 Å². The summed E-state index contributed by atoms with van der Waals surface area (Å²) < 4.78 is 15.8. The van der Waals surface area contributed by atoms with Crippen molar-refractivity contribution < 1.29 is 23.9 Å². The van der Waals surface area contributed by atoms with E-state index >= 15 is 0 Å². The van der Waals surface area contributed by atoms with Crippen LogP contribution in [0.2, 0.25) is 0 Å². The average molecular weight is 366 g/mol. The van der Waals surface area contributed by atoms with Crippen LogP contribution in [0.25, 0.3) is 11.3 Å². The van der Waals surface area contributed by atoms with Crippen LogP contribution in [0.3, 0.4) is 0 Å². The van der Waals surface area contributed by atoms with E-state index in [9.17, 15) is 9.90 Å². The monoisotopic (exact) mass is 366 g/mol. The second-order valence-electron chi connectivity index (χ2n) is 6.12. The molecule has 1 unspecified atom stereocenters. The van der Waals surface area contributed by atoms with Gasteiger partial charge in [0.25, 0.3) is 5.91 Å². The smallest absolute Gasteiger partial charge is 0.273 e. The Morgan fingerprint density at radius 1 is 1.11 bits per heavy atom. The van der Waals surface area contributed by atoms with Crippen LogP contribution in [0.4, 0.5) is 0 Å². The predicted octanol–water partition coefficient (Wildman–Crippen LogP) is 2.92. The Balaban J connectivity index is 1.31. The molecule has 1 aromatic heterocycles. The van der Waals surface area contributed by atoms with Crippen molar-refractivity contribution in [3.05, 3.63) is 65.9 Å². The highest BCUT2D eigenvalue weighted by atomic mass is 16.7. The SMILES string of the molecule is O=C(NCCC(O)c1ccc2c(c1)OCO2)c1cc(-c2ccccc2)on1. The number of amides is 1. The minimum Gasteiger partial charge on any atom is -0.454 e. The van der Waals surface area contributed by atoms with Crippen molar-refractivity contribution in [2.75, 3.05) is 13.3 Å². The summed E-state index contributed by atoms with van der Waals surface area (Å²) >= 11 is 0. The van der Waals surface area contributed by atoms with Gasteiger partial charge in [-0.25, -0.2) is 0 Å². The highest BCUT2D eigenvalue weighted by Gasteiger charge is 2.17. The fourth-order valence-electron chi connectivity index (χ4n) is 2.82. The lowest BCUT2D eigenvalue weighted by Gasteiger charge is -2.11. The number of ether oxygens (including phenoxy) is 2. The van der Waals surface area contributed by atoms with Crippen molar-refractivity contribution in [1.29, 1.82) is 0 Å². The van der Waals surface area contributed by atoms with E-state index in [1.807, 2.05) is 30.3 Å². The summed E-state index contributed by atoms with van der Waals surface area (Å²) in [5, 5.41) is 16.9. The molecular formula is C20H18N2O5. The Morgan fingerprint density at radius 3 is 2.78 bits per heavy atom. The molecule has 27 heavy (non-hydrogen) atoms. The molecule has 2 N–H and O–H groups in total. The van der Waals surface area contributed by atoms with E-state index < -0.39 is 6.10 Å². The van der Waals surface area contributed by atoms with Crippen molar-refractivity contribution in [2.24, 2.45) is 0 Å². The van der Waals surface area contributed by atoms with Gasteiger partial charge in [0.1, 0.15) is 0 Å². The molecule has 0 bridgehead atoms. The molecule has 0 fully saturated rings. The van der Waals surface area contributed by atoms with Crippen LogP contribution in [-0.4, -0.2) is 29.5 Å². The summed E-state index contributed by atoms with van der Waals surface area (Å²) in [7, 11) is 0. The first kappa shape index (κ1) is 17.1. The number of benzene rings is 2. The van der Waals surface area contributed by atoms with E-state index in [1.165, 1.54) is 0 Å². The fraction of sp³-hybridized carbons (Fsp3) is 0.200. The van der Waals surface area contributed by atoms with Crippen molar-refractivity contribution in [2.45, 2.75) is 12.5 Å². The first-order valence-corrected chi connectivity index (χ1v) is 8.58. The first-order chi connectivity index (χ1) is 13.2. The minimum atomic E-state index is -0.725. The molecule has 1 amide bonds. The molecule has 0 aliphatic carbocycles. The molecule has 1 aliphatic heterocycles. The summed E-state index contributed by atoms with van der Waals surface area (Å²) in [5.41, 5.74) is 1.76. The van der Waals surface area contributed by atoms with E-state index in [-0.39, 0.29) is 18.4 Å². The lowest BCUT2D eigenvalue weighted by molar-refractivity contribution is 0.0933. The van der Waals surface area contributed by atoms with Gasteiger partial charge in [0.2, 0.25) is 6.79 Å². The lowest BCUT2D eigenvalue weighted by Crippen LogP contribution is -2.25. The fourth-order valence-corrected chi connectivity index (χ4v) is 2.82. The summed E-state index contributed by atoms with van der Waals surface area (Å²) in [4.78, 5) is 12.2. The average Bonchev–Trinajstić information content (AvgIpc) is 3.37. The molecule has 7 heteroatoms. The van der Waals surface area contributed by atoms with Crippen LogP contribution in [0, 0.1) is 0 Å². The van der Waals surface area contributed by atoms with E-state index in [4.69, 9.17) is 14.0 Å². The Bertz CT molecular complexity index is 939. The van der Waals surface area contributed by atoms with Crippen LogP contribution in [0.5, 0.6) is 11.5 Å². The topological polar surface area (TPSA) is 93.8 Å². The minimum absolute atomic E-state index is 0.188. The standard InChI is InChI=1S/C20H18N2O5/c23-16(14-6-7-17-19(10-14)26-12-25-17)8-9-21-20(24)15-11-18(27-22-15)13-4-2-1-3-5-13/h1-7,10-11,16,23H,8-9,12H2,(H,21,24). The second-order valence-corrected chi connectivity index (χ2v) is 6.12. The largest absolute Gasteiger partial charge is 0.454 e. The van der Waals surface area contributed by atoms with Gasteiger partial charge in [0.15, 0.2) is 23.0 Å². The zero-order valence-electron chi connectivity index (χ0n) is 14.4. The molecule has 138 valence electrons. The Kier molecular flexibility index (Phi) is 4.76. The third kappa shape index (κ3) is 3.78. The van der Waals surface area contributed by atoms with Gasteiger partial charge < -0.3 is 24.4 Å². The predicted molar refractivity (Wildman–Crippen MR) is 96.4 cm³/mol. The van der Waals surface area contributed by atoms with Gasteiger partial charge in [-0.05, 0) is 24.1 Å². The number of aliphatic hydroxyl groups excluding tert-OH is 1. The van der Waals surface area contributed by atoms with Crippen molar-refractivity contribution in [1.82, 2.24) is 10.5 Å². The Morgan fingerprint density at radius 2 is 1.93 bits per heavy atom. The van der Waals surface area contributed by atoms with Crippen LogP contribution in [0.15, 0.2) is 59.1 Å². The zero-order valence-corrected chi connectivity index (χ0v) is 14.4. The molecule has 1 atom stereocenters. The number of fused-ring (bicyclic) bond motifs is 1. The number of rotatable bonds is 6. The number of aliphatic hydroxyl groups is 1. The molecule has 7 nitrogen and oxygen atoms in total. The van der Waals surface area contributed by atoms with Crippen molar-refractivity contribution >= 4 is 5.91 Å². The van der Waals surface area contributed by atoms with Gasteiger partial charge in [-0.15, -0.1) is 0 Å². The van der Waals surface area contributed by atoms with Crippen LogP contribution >= 0.6 is 0 Å². The van der Waals surface area contributed by atoms with Crippen LogP contribution in [0.1, 0.15) is 28.6 Å². The molecule has 0 radical (unpaired) electrons. The van der Waals surface area contributed by atoms with Crippen molar-refractivity contribution in [3.63, 3.8) is 0 Å². The molecule has 0 saturated heterocycles. The van der Waals surface area contributed by atoms with Gasteiger partial charge in [0, 0.05) is 18.2 Å². The maximum atomic E-state index is 12.2. The summed E-state index contributed by atoms with van der Waals surface area (Å²) in [5.74, 6) is 1.46. The summed E-state index contributed by atoms with van der Waals surface area (Å²) in [6.45, 7) is 0.482. The number of nitrogens with zero attached hydrogens (tertiary/aromatic N) is 1. The number of carbonyl (C=O) groups is 1. The maximum Gasteiger partial charge on any atom is 0.273 e. The molecule has 0 spiro atoms. The molecule has 2 heterocycles. The number of carbonyl (C=O) groups excluding carboxylic acids is 1. The van der Waals surface area contributed by atoms with E-state index in [1.54, 1.807) is 24.3 Å². The Labute approximate surface area is 155 Å². The number of nitrogens with one attached hydrogen (secondary N) is 1. The van der Waals surface area contributed by atoms with Gasteiger partial charge in [0.05, 0.1) is 6.10 Å². The van der Waals surface area contributed by atoms with Crippen LogP contribution in [-0.2, 0) is 0 Å². The normalized spacial score (nSPS) is 13.4. The van der Waals surface area contributed by atoms with Gasteiger partial charge in [-0.2, -0.15) is 0 Å². The zero-order chi connectivity index (χ0) is 18.6. The van der Waals surface area contributed by atoms with Gasteiger partial charge >= 0.3 is 0 Å². The third-order valence-corrected chi connectivity index (χ3v) is 4.29. The van der Waals surface area contributed by atoms with Crippen molar-refractivity contribution in [3.8, 4) is 22.8 Å². The molecule has 4 rings (SSSR count). The summed E-state index contributed by atoms with van der Waals surface area (Å²) in [6.07, 6.45) is -0.369. The highest BCUT2D eigenvalue weighted by molar-refractivity contribution is 5.93. The molecule has 3 aromatic rings. The van der Waals surface area contributed by atoms with E-state index in [0.29, 0.717) is 35.8 Å². The van der Waals surface area contributed by atoms with E-state index in [2.05, 4.69) is 10.5 Å².